The van der Waals surface area contributed by atoms with Crippen LogP contribution in [0.3, 0.4) is 0 Å². The average Bonchev–Trinajstić information content (AvgIpc) is 2.32. The predicted octanol–water partition coefficient (Wildman–Crippen LogP) is 3.69. The van der Waals surface area contributed by atoms with Crippen LogP contribution < -0.4 is 5.32 Å². The van der Waals surface area contributed by atoms with Gasteiger partial charge in [-0.05, 0) is 51.6 Å². The molecule has 0 bridgehead atoms. The van der Waals surface area contributed by atoms with Crippen molar-refractivity contribution in [2.75, 3.05) is 68.5 Å². The van der Waals surface area contributed by atoms with E-state index in [0.717, 1.165) is 8.97 Å². The highest BCUT2D eigenvalue weighted by molar-refractivity contribution is 8.93. The van der Waals surface area contributed by atoms with E-state index in [9.17, 15) is 0 Å². The van der Waals surface area contributed by atoms with E-state index in [2.05, 4.69) is 47.6 Å². The highest BCUT2D eigenvalue weighted by atomic mass is 79.9. The van der Waals surface area contributed by atoms with E-state index >= 15 is 0 Å². The molecule has 0 rings (SSSR count). The van der Waals surface area contributed by atoms with Crippen molar-refractivity contribution in [1.29, 1.82) is 0 Å². The highest BCUT2D eigenvalue weighted by Gasteiger charge is 2.05. The van der Waals surface area contributed by atoms with Crippen molar-refractivity contribution in [3.8, 4) is 0 Å². The van der Waals surface area contributed by atoms with Gasteiger partial charge in [0.15, 0.2) is 0 Å². The summed E-state index contributed by atoms with van der Waals surface area (Å²) in [7, 11) is 13.7. The Bertz CT molecular complexity index is 207. The molecule has 0 aliphatic carbocycles. The number of rotatable bonds is 14. The minimum atomic E-state index is 0. The lowest BCUT2D eigenvalue weighted by molar-refractivity contribution is -0.870. The van der Waals surface area contributed by atoms with Crippen LogP contribution in [0.5, 0.6) is 0 Å². The SMILES string of the molecule is Br.C[N+](C)(C)CCCCCCNCCCCCC[N+](C)(C)C. The molecule has 136 valence electrons. The first-order valence-electron chi connectivity index (χ1n) is 9.02. The third-order valence-corrected chi connectivity index (χ3v) is 3.86. The van der Waals surface area contributed by atoms with Gasteiger partial charge in [-0.3, -0.25) is 0 Å². The van der Waals surface area contributed by atoms with Crippen LogP contribution in [0.4, 0.5) is 0 Å². The molecule has 0 aromatic carbocycles. The molecule has 0 aromatic heterocycles. The van der Waals surface area contributed by atoms with E-state index < -0.39 is 0 Å². The van der Waals surface area contributed by atoms with Gasteiger partial charge in [0.2, 0.25) is 0 Å². The van der Waals surface area contributed by atoms with Crippen LogP contribution in [-0.4, -0.2) is 77.4 Å². The van der Waals surface area contributed by atoms with Gasteiger partial charge < -0.3 is 14.3 Å². The second-order valence-electron chi connectivity index (χ2n) is 8.61. The Balaban J connectivity index is 0. The maximum absolute atomic E-state index is 3.59. The summed E-state index contributed by atoms with van der Waals surface area (Å²) >= 11 is 0. The Labute approximate surface area is 151 Å². The molecule has 0 saturated heterocycles. The molecule has 0 fully saturated rings. The average molecular weight is 382 g/mol. The quantitative estimate of drug-likeness (QED) is 0.357. The Morgan fingerprint density at radius 3 is 1.14 bits per heavy atom. The van der Waals surface area contributed by atoms with Crippen molar-refractivity contribution in [2.45, 2.75) is 51.4 Å². The Hall–Kier alpha value is 0.360. The Morgan fingerprint density at radius 2 is 0.818 bits per heavy atom. The van der Waals surface area contributed by atoms with Crippen LogP contribution in [-0.2, 0) is 0 Å². The van der Waals surface area contributed by atoms with Crippen molar-refractivity contribution in [3.63, 3.8) is 0 Å². The van der Waals surface area contributed by atoms with E-state index in [0.29, 0.717) is 0 Å². The molecule has 0 unspecified atom stereocenters. The number of quaternary nitrogens is 2. The minimum absolute atomic E-state index is 0. The van der Waals surface area contributed by atoms with Crippen LogP contribution in [0, 0.1) is 0 Å². The Kier molecular flexibility index (Phi) is 15.4. The summed E-state index contributed by atoms with van der Waals surface area (Å²) in [6.45, 7) is 5.04. The minimum Gasteiger partial charge on any atom is -0.331 e. The number of hydrogen-bond acceptors (Lipinski definition) is 1. The van der Waals surface area contributed by atoms with E-state index in [1.54, 1.807) is 0 Å². The fourth-order valence-electron chi connectivity index (χ4n) is 2.50. The summed E-state index contributed by atoms with van der Waals surface area (Å²) in [5, 5.41) is 3.59. The zero-order valence-electron chi connectivity index (χ0n) is 16.3. The number of nitrogens with one attached hydrogen (secondary N) is 1. The molecule has 0 aliphatic heterocycles. The summed E-state index contributed by atoms with van der Waals surface area (Å²) < 4.78 is 2.21. The molecule has 22 heavy (non-hydrogen) atoms. The summed E-state index contributed by atoms with van der Waals surface area (Å²) in [6, 6.07) is 0. The van der Waals surface area contributed by atoms with Gasteiger partial charge in [-0.2, -0.15) is 0 Å². The van der Waals surface area contributed by atoms with Gasteiger partial charge in [-0.1, -0.05) is 12.8 Å². The third-order valence-electron chi connectivity index (χ3n) is 3.86. The van der Waals surface area contributed by atoms with Crippen molar-refractivity contribution in [3.05, 3.63) is 0 Å². The normalized spacial score (nSPS) is 12.3. The highest BCUT2D eigenvalue weighted by Crippen LogP contribution is 2.04. The number of hydrogen-bond donors (Lipinski definition) is 1. The van der Waals surface area contributed by atoms with E-state index in [1.807, 2.05) is 0 Å². The molecule has 0 saturated carbocycles. The van der Waals surface area contributed by atoms with Gasteiger partial charge in [0.25, 0.3) is 0 Å². The van der Waals surface area contributed by atoms with Crippen molar-refractivity contribution < 1.29 is 8.97 Å². The predicted molar refractivity (Wildman–Crippen MR) is 106 cm³/mol. The molecule has 3 nitrogen and oxygen atoms in total. The standard InChI is InChI=1S/C18H43N3.BrH/c1-20(2,3)17-13-9-7-11-15-19-16-12-8-10-14-18-21(4,5)6;/h19H,7-18H2,1-6H3;1H/q+2;. The summed E-state index contributed by atoms with van der Waals surface area (Å²) in [4.78, 5) is 0. The molecule has 0 aliphatic rings. The molecule has 0 spiro atoms. The van der Waals surface area contributed by atoms with Crippen LogP contribution in [0.25, 0.3) is 0 Å². The summed E-state index contributed by atoms with van der Waals surface area (Å²) in [5.74, 6) is 0. The first-order valence-corrected chi connectivity index (χ1v) is 9.02. The monoisotopic (exact) mass is 381 g/mol. The lowest BCUT2D eigenvalue weighted by atomic mass is 10.1. The number of nitrogens with zero attached hydrogens (tertiary/aromatic N) is 2. The molecule has 1 N–H and O–H groups in total. The van der Waals surface area contributed by atoms with Crippen molar-refractivity contribution in [1.82, 2.24) is 5.32 Å². The van der Waals surface area contributed by atoms with Gasteiger partial charge in [-0.25, -0.2) is 0 Å². The zero-order chi connectivity index (χ0) is 16.2. The second kappa shape index (κ2) is 13.8. The van der Waals surface area contributed by atoms with Crippen LogP contribution >= 0.6 is 17.0 Å². The summed E-state index contributed by atoms with van der Waals surface area (Å²) in [6.07, 6.45) is 11.0. The molecule has 0 heterocycles. The molecule has 0 amide bonds. The first kappa shape index (κ1) is 24.6. The smallest absolute Gasteiger partial charge is 0.0780 e. The maximum atomic E-state index is 3.59. The maximum Gasteiger partial charge on any atom is 0.0780 e. The fraction of sp³-hybridized carbons (Fsp3) is 1.00. The topological polar surface area (TPSA) is 12.0 Å². The van der Waals surface area contributed by atoms with Gasteiger partial charge in [0.05, 0.1) is 55.4 Å². The van der Waals surface area contributed by atoms with Crippen molar-refractivity contribution in [2.24, 2.45) is 0 Å². The summed E-state index contributed by atoms with van der Waals surface area (Å²) in [5.41, 5.74) is 0. The van der Waals surface area contributed by atoms with Crippen molar-refractivity contribution >= 4 is 17.0 Å². The fourth-order valence-corrected chi connectivity index (χ4v) is 2.50. The van der Waals surface area contributed by atoms with Crippen LogP contribution in [0.15, 0.2) is 0 Å². The zero-order valence-corrected chi connectivity index (χ0v) is 18.0. The van der Waals surface area contributed by atoms with E-state index in [1.165, 1.54) is 77.5 Å². The lowest BCUT2D eigenvalue weighted by Gasteiger charge is -2.23. The van der Waals surface area contributed by atoms with Gasteiger partial charge >= 0.3 is 0 Å². The van der Waals surface area contributed by atoms with Crippen LogP contribution in [0.2, 0.25) is 0 Å². The molecule has 4 heteroatoms. The van der Waals surface area contributed by atoms with E-state index in [-0.39, 0.29) is 17.0 Å². The lowest BCUT2D eigenvalue weighted by Crippen LogP contribution is -2.35. The number of halogens is 1. The molecule has 0 atom stereocenters. The number of unbranched alkanes of at least 4 members (excludes halogenated alkanes) is 6. The van der Waals surface area contributed by atoms with E-state index in [4.69, 9.17) is 0 Å². The molecule has 0 radical (unpaired) electrons. The molecular weight excluding hydrogens is 338 g/mol. The van der Waals surface area contributed by atoms with Crippen LogP contribution in [0.1, 0.15) is 51.4 Å². The molecule has 0 aromatic rings. The van der Waals surface area contributed by atoms with Gasteiger partial charge in [0, 0.05) is 0 Å². The second-order valence-corrected chi connectivity index (χ2v) is 8.61. The largest absolute Gasteiger partial charge is 0.331 e. The third kappa shape index (κ3) is 22.6. The molecular formula is C18H44BrN3+2. The Morgan fingerprint density at radius 1 is 0.500 bits per heavy atom. The first-order chi connectivity index (χ1) is 9.71. The van der Waals surface area contributed by atoms with Gasteiger partial charge in [-0.15, -0.1) is 17.0 Å². The van der Waals surface area contributed by atoms with Gasteiger partial charge in [0.1, 0.15) is 0 Å².